The molecule has 2 nitrogen and oxygen atoms in total. The number of unbranched alkanes of at least 4 members (excludes halogenated alkanes) is 2. The molecule has 0 saturated carbocycles. The van der Waals surface area contributed by atoms with Gasteiger partial charge in [0, 0.05) is 12.4 Å². The van der Waals surface area contributed by atoms with Crippen molar-refractivity contribution < 1.29 is 9.18 Å². The van der Waals surface area contributed by atoms with E-state index in [-0.39, 0.29) is 10.4 Å². The number of carbonyl (C=O) groups excluding carboxylic acids is 1. The normalized spacial score (nSPS) is 10.3. The highest BCUT2D eigenvalue weighted by Crippen LogP contribution is 2.20. The molecule has 1 aromatic rings. The van der Waals surface area contributed by atoms with Gasteiger partial charge in [-0.05, 0) is 40.9 Å². The van der Waals surface area contributed by atoms with Crippen molar-refractivity contribution in [3.63, 3.8) is 0 Å². The summed E-state index contributed by atoms with van der Waals surface area (Å²) in [6.07, 6.45) is 2.81. The number of rotatable bonds is 6. The first-order valence-electron chi connectivity index (χ1n) is 5.45. The molecular formula is C12H14BrClFNO. The smallest absolute Gasteiger partial charge is 0.252 e. The number of nitrogens with one attached hydrogen (secondary N) is 1. The highest BCUT2D eigenvalue weighted by Gasteiger charge is 2.11. The van der Waals surface area contributed by atoms with Crippen molar-refractivity contribution in [2.45, 2.75) is 19.3 Å². The maximum atomic E-state index is 13.2. The fourth-order valence-corrected chi connectivity index (χ4v) is 2.01. The molecule has 0 unspecified atom stereocenters. The molecule has 0 saturated heterocycles. The highest BCUT2D eigenvalue weighted by molar-refractivity contribution is 9.10. The molecule has 94 valence electrons. The van der Waals surface area contributed by atoms with E-state index in [0.29, 0.717) is 18.0 Å². The molecule has 1 aromatic carbocycles. The van der Waals surface area contributed by atoms with Gasteiger partial charge in [-0.15, -0.1) is 11.6 Å². The van der Waals surface area contributed by atoms with Gasteiger partial charge in [0.05, 0.1) is 10.0 Å². The van der Waals surface area contributed by atoms with Crippen LogP contribution in [0.3, 0.4) is 0 Å². The molecule has 0 aliphatic heterocycles. The van der Waals surface area contributed by atoms with Crippen LogP contribution in [0.5, 0.6) is 0 Å². The summed E-state index contributed by atoms with van der Waals surface area (Å²) in [4.78, 5) is 11.7. The number of carbonyl (C=O) groups is 1. The minimum atomic E-state index is -0.431. The Labute approximate surface area is 114 Å². The molecule has 0 aromatic heterocycles. The molecule has 0 aliphatic rings. The van der Waals surface area contributed by atoms with Crippen molar-refractivity contribution >= 4 is 33.4 Å². The van der Waals surface area contributed by atoms with Crippen LogP contribution in [0.2, 0.25) is 0 Å². The molecular weight excluding hydrogens is 308 g/mol. The van der Waals surface area contributed by atoms with Gasteiger partial charge in [-0.3, -0.25) is 4.79 Å². The van der Waals surface area contributed by atoms with Gasteiger partial charge in [0.1, 0.15) is 5.82 Å². The Kier molecular flexibility index (Phi) is 6.52. The molecule has 17 heavy (non-hydrogen) atoms. The molecule has 0 spiro atoms. The number of benzene rings is 1. The third-order valence-electron chi connectivity index (χ3n) is 2.29. The first kappa shape index (κ1) is 14.5. The molecule has 0 atom stereocenters. The van der Waals surface area contributed by atoms with E-state index in [4.69, 9.17) is 11.6 Å². The topological polar surface area (TPSA) is 29.1 Å². The second kappa shape index (κ2) is 7.67. The van der Waals surface area contributed by atoms with E-state index >= 15 is 0 Å². The van der Waals surface area contributed by atoms with Gasteiger partial charge < -0.3 is 5.32 Å². The number of amides is 1. The number of alkyl halides is 1. The molecule has 1 rings (SSSR count). The molecule has 0 heterocycles. The summed E-state index contributed by atoms with van der Waals surface area (Å²) in [5.74, 6) is -0.0503. The van der Waals surface area contributed by atoms with Crippen LogP contribution in [0.15, 0.2) is 22.7 Å². The largest absolute Gasteiger partial charge is 0.352 e. The predicted molar refractivity (Wildman–Crippen MR) is 71.0 cm³/mol. The molecule has 0 radical (unpaired) electrons. The molecule has 5 heteroatoms. The first-order valence-corrected chi connectivity index (χ1v) is 6.77. The standard InChI is InChI=1S/C12H14BrClFNO/c13-11-9(5-4-6-10(11)15)12(17)16-8-3-1-2-7-14/h4-6H,1-3,7-8H2,(H,16,17). The number of halogens is 3. The minimum absolute atomic E-state index is 0.207. The van der Waals surface area contributed by atoms with E-state index < -0.39 is 5.82 Å². The molecule has 0 fully saturated rings. The van der Waals surface area contributed by atoms with Crippen molar-refractivity contribution in [3.05, 3.63) is 34.1 Å². The summed E-state index contributed by atoms with van der Waals surface area (Å²) in [7, 11) is 0. The van der Waals surface area contributed by atoms with Crippen molar-refractivity contribution in [1.82, 2.24) is 5.32 Å². The highest BCUT2D eigenvalue weighted by atomic mass is 79.9. The van der Waals surface area contributed by atoms with Crippen molar-refractivity contribution in [2.75, 3.05) is 12.4 Å². The molecule has 0 bridgehead atoms. The third kappa shape index (κ3) is 4.64. The van der Waals surface area contributed by atoms with Crippen LogP contribution in [0.4, 0.5) is 4.39 Å². The summed E-state index contributed by atoms with van der Waals surface area (Å²) in [6, 6.07) is 4.41. The lowest BCUT2D eigenvalue weighted by Crippen LogP contribution is -2.25. The van der Waals surface area contributed by atoms with Gasteiger partial charge in [-0.25, -0.2) is 4.39 Å². The Balaban J connectivity index is 2.44. The van der Waals surface area contributed by atoms with Gasteiger partial charge in [0.15, 0.2) is 0 Å². The molecule has 1 amide bonds. The Hall–Kier alpha value is -0.610. The van der Waals surface area contributed by atoms with E-state index in [2.05, 4.69) is 21.2 Å². The van der Waals surface area contributed by atoms with Crippen LogP contribution in [0.25, 0.3) is 0 Å². The number of hydrogen-bond donors (Lipinski definition) is 1. The lowest BCUT2D eigenvalue weighted by Gasteiger charge is -2.06. The third-order valence-corrected chi connectivity index (χ3v) is 3.37. The fourth-order valence-electron chi connectivity index (χ4n) is 1.37. The van der Waals surface area contributed by atoms with E-state index in [9.17, 15) is 9.18 Å². The lowest BCUT2D eigenvalue weighted by atomic mass is 10.2. The van der Waals surface area contributed by atoms with Crippen LogP contribution in [-0.2, 0) is 0 Å². The Morgan fingerprint density at radius 1 is 1.35 bits per heavy atom. The summed E-state index contributed by atoms with van der Waals surface area (Å²) < 4.78 is 13.4. The first-order chi connectivity index (χ1) is 8.16. The summed E-state index contributed by atoms with van der Waals surface area (Å²) in [5, 5.41) is 2.75. The summed E-state index contributed by atoms with van der Waals surface area (Å²) >= 11 is 8.60. The van der Waals surface area contributed by atoms with E-state index in [1.807, 2.05) is 0 Å². The van der Waals surface area contributed by atoms with Gasteiger partial charge in [-0.1, -0.05) is 12.5 Å². The SMILES string of the molecule is O=C(NCCCCCCl)c1cccc(F)c1Br. The van der Waals surface area contributed by atoms with Crippen LogP contribution in [0.1, 0.15) is 29.6 Å². The van der Waals surface area contributed by atoms with Crippen LogP contribution in [0, 0.1) is 5.82 Å². The Morgan fingerprint density at radius 3 is 2.82 bits per heavy atom. The summed E-state index contributed by atoms with van der Waals surface area (Å²) in [5.41, 5.74) is 0.322. The maximum absolute atomic E-state index is 13.2. The second-order valence-corrected chi connectivity index (χ2v) is 4.78. The van der Waals surface area contributed by atoms with Crippen molar-refractivity contribution in [3.8, 4) is 0 Å². The van der Waals surface area contributed by atoms with Crippen LogP contribution >= 0.6 is 27.5 Å². The fraction of sp³-hybridized carbons (Fsp3) is 0.417. The zero-order valence-electron chi connectivity index (χ0n) is 9.31. The van der Waals surface area contributed by atoms with Gasteiger partial charge >= 0.3 is 0 Å². The lowest BCUT2D eigenvalue weighted by molar-refractivity contribution is 0.0951. The van der Waals surface area contributed by atoms with Crippen LogP contribution in [-0.4, -0.2) is 18.3 Å². The molecule has 1 N–H and O–H groups in total. The monoisotopic (exact) mass is 321 g/mol. The summed E-state index contributed by atoms with van der Waals surface area (Å²) in [6.45, 7) is 0.582. The maximum Gasteiger partial charge on any atom is 0.252 e. The average Bonchev–Trinajstić information content (AvgIpc) is 2.32. The second-order valence-electron chi connectivity index (χ2n) is 3.61. The van der Waals surface area contributed by atoms with Crippen LogP contribution < -0.4 is 5.32 Å². The van der Waals surface area contributed by atoms with E-state index in [1.165, 1.54) is 12.1 Å². The van der Waals surface area contributed by atoms with E-state index in [1.54, 1.807) is 6.07 Å². The Morgan fingerprint density at radius 2 is 2.12 bits per heavy atom. The zero-order chi connectivity index (χ0) is 12.7. The Bertz CT molecular complexity index is 387. The van der Waals surface area contributed by atoms with Crippen molar-refractivity contribution in [1.29, 1.82) is 0 Å². The van der Waals surface area contributed by atoms with Gasteiger partial charge in [0.2, 0.25) is 0 Å². The quantitative estimate of drug-likeness (QED) is 0.627. The molecule has 0 aliphatic carbocycles. The van der Waals surface area contributed by atoms with Crippen molar-refractivity contribution in [2.24, 2.45) is 0 Å². The minimum Gasteiger partial charge on any atom is -0.352 e. The predicted octanol–water partition coefficient (Wildman–Crippen LogP) is 3.73. The zero-order valence-corrected chi connectivity index (χ0v) is 11.7. The van der Waals surface area contributed by atoms with Gasteiger partial charge in [0.25, 0.3) is 5.91 Å². The number of hydrogen-bond acceptors (Lipinski definition) is 1. The average molecular weight is 323 g/mol. The van der Waals surface area contributed by atoms with E-state index in [0.717, 1.165) is 19.3 Å². The van der Waals surface area contributed by atoms with Gasteiger partial charge in [-0.2, -0.15) is 0 Å².